The molecule has 1 heterocycles. The predicted octanol–water partition coefficient (Wildman–Crippen LogP) is 2.15. The molecule has 0 aliphatic rings. The van der Waals surface area contributed by atoms with Gasteiger partial charge in [-0.1, -0.05) is 11.3 Å². The summed E-state index contributed by atoms with van der Waals surface area (Å²) in [6.45, 7) is 2.98. The van der Waals surface area contributed by atoms with Crippen molar-refractivity contribution >= 4 is 62.1 Å². The number of carbonyl (C=O) groups is 1. The van der Waals surface area contributed by atoms with Crippen LogP contribution in [-0.4, -0.2) is 47.0 Å². The molecule has 0 saturated heterocycles. The number of aromatic nitrogens is 2. The summed E-state index contributed by atoms with van der Waals surface area (Å²) in [6.07, 6.45) is 1.99. The van der Waals surface area contributed by atoms with Crippen molar-refractivity contribution in [3.05, 3.63) is 62.2 Å². The normalized spacial score (nSPS) is 11.4. The fourth-order valence-corrected chi connectivity index (χ4v) is 4.35. The van der Waals surface area contributed by atoms with Crippen LogP contribution in [0, 0.1) is 27.2 Å². The van der Waals surface area contributed by atoms with E-state index in [1.165, 1.54) is 25.1 Å². The van der Waals surface area contributed by atoms with Gasteiger partial charge in [0.05, 0.1) is 20.8 Å². The molecule has 3 rings (SSSR count). The van der Waals surface area contributed by atoms with E-state index in [2.05, 4.69) is 41.3 Å². The number of hydrazine groups is 1. The summed E-state index contributed by atoms with van der Waals surface area (Å²) in [5.41, 5.74) is 7.58. The molecule has 17 nitrogen and oxygen atoms in total. The molecular formula is C19H18N10O7S2. The molecular weight excluding hydrogens is 544 g/mol. The van der Waals surface area contributed by atoms with Gasteiger partial charge in [0.15, 0.2) is 0 Å². The average molecular weight is 563 g/mol. The van der Waals surface area contributed by atoms with Crippen LogP contribution in [0.1, 0.15) is 12.5 Å². The van der Waals surface area contributed by atoms with Crippen LogP contribution in [0.5, 0.6) is 0 Å². The molecule has 1 amide bonds. The molecule has 38 heavy (non-hydrogen) atoms. The second-order valence-corrected chi connectivity index (χ2v) is 9.80. The number of non-ortho nitro benzene ring substituents is 2. The highest BCUT2D eigenvalue weighted by Crippen LogP contribution is 2.32. The lowest BCUT2D eigenvalue weighted by Crippen LogP contribution is -2.29. The zero-order valence-electron chi connectivity index (χ0n) is 19.5. The number of hydrazone groups is 1. The van der Waals surface area contributed by atoms with Crippen molar-refractivity contribution in [3.63, 3.8) is 0 Å². The summed E-state index contributed by atoms with van der Waals surface area (Å²) in [6, 6.07) is 7.26. The first-order valence-electron chi connectivity index (χ1n) is 10.2. The Morgan fingerprint density at radius 1 is 1.03 bits per heavy atom. The minimum absolute atomic E-state index is 0.0707. The van der Waals surface area contributed by atoms with Gasteiger partial charge in [-0.3, -0.25) is 35.9 Å². The molecule has 0 unspecified atom stereocenters. The minimum Gasteiger partial charge on any atom is -0.326 e. The third kappa shape index (κ3) is 7.24. The highest BCUT2D eigenvalue weighted by Gasteiger charge is 2.19. The summed E-state index contributed by atoms with van der Waals surface area (Å²) in [4.78, 5) is 31.7. The van der Waals surface area contributed by atoms with E-state index in [-0.39, 0.29) is 26.5 Å². The van der Waals surface area contributed by atoms with Crippen LogP contribution < -0.4 is 21.6 Å². The number of rotatable bonds is 11. The Balaban J connectivity index is 1.55. The number of benzene rings is 2. The van der Waals surface area contributed by atoms with Gasteiger partial charge in [-0.05, 0) is 30.7 Å². The van der Waals surface area contributed by atoms with E-state index >= 15 is 0 Å². The molecule has 4 N–H and O–H groups in total. The third-order valence-corrected chi connectivity index (χ3v) is 6.54. The van der Waals surface area contributed by atoms with Crippen LogP contribution in [0.3, 0.4) is 0 Å². The number of nitrogens with zero attached hydrogens (tertiary/aromatic N) is 6. The largest absolute Gasteiger partial charge is 0.326 e. The highest BCUT2D eigenvalue weighted by atomic mass is 32.2. The molecule has 3 aromatic rings. The maximum Gasteiger partial charge on any atom is 0.283 e. The number of aryl methyl sites for hydroxylation is 1. The van der Waals surface area contributed by atoms with Crippen molar-refractivity contribution < 1.29 is 23.1 Å². The number of anilines is 2. The van der Waals surface area contributed by atoms with Gasteiger partial charge in [-0.2, -0.15) is 13.5 Å². The van der Waals surface area contributed by atoms with Crippen molar-refractivity contribution in [1.29, 1.82) is 0 Å². The standard InChI is InChI=1S/C19H18N10O7S2/c1-11-5-16(3-4-17(11)24-12(2)30)38(35,36)23-10-21-20-9-22-26-19-27-25-18(37-19)13-6-14(28(31)32)8-15(7-13)29(33)34/h3-10H,1-2H3,(H,20,22)(H,21,23)(H,24,30)(H,26,27). The Hall–Kier alpha value is -5.04. The Morgan fingerprint density at radius 3 is 2.29 bits per heavy atom. The number of amides is 1. The van der Waals surface area contributed by atoms with Gasteiger partial charge in [0.2, 0.25) is 11.0 Å². The first kappa shape index (κ1) is 27.5. The van der Waals surface area contributed by atoms with Gasteiger partial charge >= 0.3 is 0 Å². The lowest BCUT2D eigenvalue weighted by Gasteiger charge is -2.07. The van der Waals surface area contributed by atoms with Gasteiger partial charge in [0, 0.05) is 30.3 Å². The summed E-state index contributed by atoms with van der Waals surface area (Å²) in [5.74, 6) is -0.284. The second kappa shape index (κ2) is 11.8. The molecule has 0 radical (unpaired) electrons. The molecule has 0 aliphatic heterocycles. The van der Waals surface area contributed by atoms with Crippen LogP contribution in [0.2, 0.25) is 0 Å². The summed E-state index contributed by atoms with van der Waals surface area (Å²) >= 11 is 0.932. The maximum atomic E-state index is 12.3. The summed E-state index contributed by atoms with van der Waals surface area (Å²) in [5, 5.41) is 36.4. The van der Waals surface area contributed by atoms with Gasteiger partial charge < -0.3 is 5.32 Å². The molecule has 0 bridgehead atoms. The number of nitrogens with one attached hydrogen (secondary N) is 4. The van der Waals surface area contributed by atoms with Crippen LogP contribution in [0.4, 0.5) is 22.2 Å². The molecule has 19 heteroatoms. The SMILES string of the molecule is CC(=O)Nc1ccc(S(=O)(=O)/N=C/NN/C=N/Nc2nnc(-c3cc([N+](=O)[O-])cc([N+](=O)[O-])c3)s2)cc1C. The van der Waals surface area contributed by atoms with Crippen molar-refractivity contribution in [2.45, 2.75) is 18.7 Å². The van der Waals surface area contributed by atoms with E-state index < -0.39 is 31.2 Å². The van der Waals surface area contributed by atoms with Crippen LogP contribution in [0.25, 0.3) is 10.6 Å². The fourth-order valence-electron chi connectivity index (χ4n) is 2.79. The van der Waals surface area contributed by atoms with Crippen molar-refractivity contribution in [2.24, 2.45) is 9.50 Å². The van der Waals surface area contributed by atoms with E-state index in [1.54, 1.807) is 6.92 Å². The Kier molecular flexibility index (Phi) is 8.55. The van der Waals surface area contributed by atoms with Crippen molar-refractivity contribution in [3.8, 4) is 10.6 Å². The first-order valence-corrected chi connectivity index (χ1v) is 12.5. The monoisotopic (exact) mass is 562 g/mol. The number of sulfonamides is 1. The highest BCUT2D eigenvalue weighted by molar-refractivity contribution is 7.90. The number of hydrogen-bond donors (Lipinski definition) is 4. The lowest BCUT2D eigenvalue weighted by atomic mass is 10.2. The molecule has 0 fully saturated rings. The van der Waals surface area contributed by atoms with E-state index in [0.717, 1.165) is 42.2 Å². The van der Waals surface area contributed by atoms with Crippen LogP contribution >= 0.6 is 11.3 Å². The van der Waals surface area contributed by atoms with E-state index in [1.807, 2.05) is 0 Å². The third-order valence-electron chi connectivity index (χ3n) is 4.43. The topological polar surface area (TPSA) is 236 Å². The fraction of sp³-hybridized carbons (Fsp3) is 0.105. The van der Waals surface area contributed by atoms with Gasteiger partial charge in [-0.25, -0.2) is 5.43 Å². The average Bonchev–Trinajstić information content (AvgIpc) is 3.33. The molecule has 198 valence electrons. The zero-order chi connectivity index (χ0) is 27.9. The van der Waals surface area contributed by atoms with E-state index in [4.69, 9.17) is 0 Å². The zero-order valence-corrected chi connectivity index (χ0v) is 21.1. The molecule has 0 aliphatic carbocycles. The van der Waals surface area contributed by atoms with Gasteiger partial charge in [0.1, 0.15) is 17.7 Å². The molecule has 0 atom stereocenters. The number of carbonyl (C=O) groups excluding carboxylic acids is 1. The molecule has 2 aromatic carbocycles. The van der Waals surface area contributed by atoms with Crippen LogP contribution in [-0.2, 0) is 14.8 Å². The molecule has 0 spiro atoms. The van der Waals surface area contributed by atoms with Crippen molar-refractivity contribution in [1.82, 2.24) is 21.0 Å². The molecule has 1 aromatic heterocycles. The van der Waals surface area contributed by atoms with Crippen molar-refractivity contribution in [2.75, 3.05) is 10.7 Å². The Bertz CT molecular complexity index is 1520. The van der Waals surface area contributed by atoms with Gasteiger partial charge in [0.25, 0.3) is 21.4 Å². The Morgan fingerprint density at radius 2 is 1.68 bits per heavy atom. The lowest BCUT2D eigenvalue weighted by molar-refractivity contribution is -0.394. The number of nitro groups is 2. The minimum atomic E-state index is -4.01. The maximum absolute atomic E-state index is 12.3. The number of hydrogen-bond acceptors (Lipinski definition) is 12. The number of nitro benzene ring substituents is 2. The summed E-state index contributed by atoms with van der Waals surface area (Å²) in [7, 11) is -4.01. The van der Waals surface area contributed by atoms with E-state index in [9.17, 15) is 33.4 Å². The summed E-state index contributed by atoms with van der Waals surface area (Å²) < 4.78 is 28.2. The molecule has 0 saturated carbocycles. The predicted molar refractivity (Wildman–Crippen MR) is 138 cm³/mol. The quantitative estimate of drug-likeness (QED) is 0.0864. The second-order valence-electron chi connectivity index (χ2n) is 7.19. The van der Waals surface area contributed by atoms with E-state index in [0.29, 0.717) is 11.3 Å². The first-order chi connectivity index (χ1) is 18.0. The van der Waals surface area contributed by atoms with Crippen LogP contribution in [0.15, 0.2) is 50.8 Å². The smallest absolute Gasteiger partial charge is 0.283 e. The Labute approximate surface area is 218 Å². The van der Waals surface area contributed by atoms with Gasteiger partial charge in [-0.15, -0.1) is 14.6 Å².